The van der Waals surface area contributed by atoms with Crippen molar-refractivity contribution in [3.05, 3.63) is 63.6 Å². The largest absolute Gasteiger partial charge is 0.484 e. The van der Waals surface area contributed by atoms with Crippen molar-refractivity contribution in [2.45, 2.75) is 20.3 Å². The summed E-state index contributed by atoms with van der Waals surface area (Å²) in [5, 5.41) is 2.40. The van der Waals surface area contributed by atoms with Crippen LogP contribution in [0.4, 0.5) is 0 Å². The molecule has 0 saturated heterocycles. The van der Waals surface area contributed by atoms with Gasteiger partial charge in [0.05, 0.1) is 12.2 Å². The van der Waals surface area contributed by atoms with E-state index in [2.05, 4.69) is 32.1 Å². The third-order valence-electron chi connectivity index (χ3n) is 3.87. The topological polar surface area (TPSA) is 106 Å². The van der Waals surface area contributed by atoms with Crippen molar-refractivity contribution < 1.29 is 23.9 Å². The van der Waals surface area contributed by atoms with Gasteiger partial charge >= 0.3 is 5.97 Å². The van der Waals surface area contributed by atoms with Crippen LogP contribution in [0.25, 0.3) is 0 Å². The fourth-order valence-corrected chi connectivity index (χ4v) is 2.74. The van der Waals surface area contributed by atoms with Crippen LogP contribution in [0.15, 0.2) is 46.9 Å². The molecule has 0 unspecified atom stereocenters. The van der Waals surface area contributed by atoms with Crippen molar-refractivity contribution in [3.8, 4) is 5.75 Å². The van der Waals surface area contributed by atoms with E-state index in [9.17, 15) is 14.4 Å². The third-order valence-corrected chi connectivity index (χ3v) is 4.93. The third kappa shape index (κ3) is 7.99. The van der Waals surface area contributed by atoms with Crippen molar-refractivity contribution in [3.63, 3.8) is 0 Å². The van der Waals surface area contributed by atoms with Gasteiger partial charge in [0.15, 0.2) is 11.7 Å². The minimum atomic E-state index is -0.513. The Kier molecular flexibility index (Phi) is 9.41. The van der Waals surface area contributed by atoms with Crippen LogP contribution in [-0.4, -0.2) is 36.1 Å². The van der Waals surface area contributed by atoms with Gasteiger partial charge in [0.1, 0.15) is 5.75 Å². The molecule has 0 aliphatic heterocycles. The maximum atomic E-state index is 12.2. The molecule has 2 rings (SSSR count). The zero-order chi connectivity index (χ0) is 22.8. The number of ether oxygens (including phenoxy) is 2. The number of hydrazine groups is 1. The Hall–Kier alpha value is -2.98. The predicted octanol–water partition coefficient (Wildman–Crippen LogP) is 3.04. The minimum Gasteiger partial charge on any atom is -0.484 e. The quantitative estimate of drug-likeness (QED) is 0.300. The number of amides is 2. The van der Waals surface area contributed by atoms with E-state index < -0.39 is 17.8 Å². The van der Waals surface area contributed by atoms with E-state index in [4.69, 9.17) is 21.7 Å². The molecule has 0 aliphatic carbocycles. The number of hydrogen-bond donors (Lipinski definition) is 3. The lowest BCUT2D eigenvalue weighted by molar-refractivity contribution is -0.123. The summed E-state index contributed by atoms with van der Waals surface area (Å²) in [6.07, 6.45) is 0.743. The van der Waals surface area contributed by atoms with Crippen molar-refractivity contribution in [1.29, 1.82) is 0 Å². The first-order valence-corrected chi connectivity index (χ1v) is 10.6. The Morgan fingerprint density at radius 1 is 1.03 bits per heavy atom. The van der Waals surface area contributed by atoms with Gasteiger partial charge in [-0.2, -0.15) is 0 Å². The number of esters is 1. The molecule has 0 fully saturated rings. The SMILES string of the molecule is CCCOC(=O)c1ccc(OCC(=O)NNC(=S)NC(=O)c2ccc(C)c(Br)c2)cc1. The van der Waals surface area contributed by atoms with Gasteiger partial charge in [0, 0.05) is 10.0 Å². The van der Waals surface area contributed by atoms with E-state index in [1.807, 2.05) is 13.8 Å². The zero-order valence-electron chi connectivity index (χ0n) is 17.0. The number of carbonyl (C=O) groups is 3. The standard InChI is InChI=1S/C21H22BrN3O5S/c1-3-10-29-20(28)14-6-8-16(9-7-14)30-12-18(26)24-25-21(31)23-19(27)15-5-4-13(2)17(22)11-15/h4-9,11H,3,10,12H2,1-2H3,(H,24,26)(H2,23,25,27,31). The van der Waals surface area contributed by atoms with Crippen LogP contribution in [0.1, 0.15) is 39.6 Å². The van der Waals surface area contributed by atoms with Crippen LogP contribution in [0.5, 0.6) is 5.75 Å². The number of rotatable bonds is 7. The fourth-order valence-electron chi connectivity index (χ4n) is 2.22. The molecule has 2 amide bonds. The summed E-state index contributed by atoms with van der Waals surface area (Å²) >= 11 is 8.37. The number of benzene rings is 2. The van der Waals surface area contributed by atoms with Gasteiger partial charge < -0.3 is 9.47 Å². The Labute approximate surface area is 193 Å². The van der Waals surface area contributed by atoms with Crippen LogP contribution >= 0.6 is 28.1 Å². The first-order chi connectivity index (χ1) is 14.8. The first-order valence-electron chi connectivity index (χ1n) is 9.36. The van der Waals surface area contributed by atoms with Crippen molar-refractivity contribution in [1.82, 2.24) is 16.2 Å². The highest BCUT2D eigenvalue weighted by Crippen LogP contribution is 2.17. The minimum absolute atomic E-state index is 0.0648. The van der Waals surface area contributed by atoms with E-state index in [1.165, 1.54) is 0 Å². The van der Waals surface area contributed by atoms with E-state index in [0.29, 0.717) is 23.5 Å². The van der Waals surface area contributed by atoms with Gasteiger partial charge in [-0.1, -0.05) is 28.9 Å². The van der Waals surface area contributed by atoms with Crippen LogP contribution in [0, 0.1) is 6.92 Å². The summed E-state index contributed by atoms with van der Waals surface area (Å²) in [6, 6.07) is 11.4. The lowest BCUT2D eigenvalue weighted by Gasteiger charge is -2.12. The van der Waals surface area contributed by atoms with Crippen molar-refractivity contribution in [2.24, 2.45) is 0 Å². The van der Waals surface area contributed by atoms with Gasteiger partial charge in [0.25, 0.3) is 11.8 Å². The second-order valence-corrected chi connectivity index (χ2v) is 7.63. The van der Waals surface area contributed by atoms with Crippen LogP contribution < -0.4 is 20.9 Å². The van der Waals surface area contributed by atoms with Gasteiger partial charge in [-0.25, -0.2) is 4.79 Å². The molecular weight excluding hydrogens is 486 g/mol. The molecule has 0 bridgehead atoms. The van der Waals surface area contributed by atoms with Gasteiger partial charge in [-0.3, -0.25) is 25.8 Å². The molecule has 3 N–H and O–H groups in total. The molecule has 8 nitrogen and oxygen atoms in total. The van der Waals surface area contributed by atoms with Crippen LogP contribution in [0.2, 0.25) is 0 Å². The second-order valence-electron chi connectivity index (χ2n) is 6.37. The lowest BCUT2D eigenvalue weighted by Crippen LogP contribution is -2.49. The van der Waals surface area contributed by atoms with Gasteiger partial charge in [-0.15, -0.1) is 0 Å². The molecule has 0 saturated carbocycles. The number of carbonyl (C=O) groups excluding carboxylic acids is 3. The van der Waals surface area contributed by atoms with E-state index in [1.54, 1.807) is 42.5 Å². The van der Waals surface area contributed by atoms with Crippen LogP contribution in [0.3, 0.4) is 0 Å². The first kappa shape index (κ1) is 24.3. The number of halogens is 1. The highest BCUT2D eigenvalue weighted by Gasteiger charge is 2.11. The Bertz CT molecular complexity index is 966. The molecule has 0 atom stereocenters. The highest BCUT2D eigenvalue weighted by atomic mass is 79.9. The van der Waals surface area contributed by atoms with E-state index >= 15 is 0 Å². The molecule has 10 heteroatoms. The normalized spacial score (nSPS) is 10.0. The summed E-state index contributed by atoms with van der Waals surface area (Å²) in [5.74, 6) is -0.936. The summed E-state index contributed by atoms with van der Waals surface area (Å²) in [7, 11) is 0. The molecular formula is C21H22BrN3O5S. The molecule has 0 aromatic heterocycles. The smallest absolute Gasteiger partial charge is 0.338 e. The summed E-state index contributed by atoms with van der Waals surface area (Å²) in [4.78, 5) is 35.8. The molecule has 0 radical (unpaired) electrons. The van der Waals surface area contributed by atoms with E-state index in [0.717, 1.165) is 16.5 Å². The average molecular weight is 508 g/mol. The summed E-state index contributed by atoms with van der Waals surface area (Å²) < 4.78 is 11.2. The number of aryl methyl sites for hydroxylation is 1. The maximum absolute atomic E-state index is 12.2. The predicted molar refractivity (Wildman–Crippen MR) is 123 cm³/mol. The zero-order valence-corrected chi connectivity index (χ0v) is 19.4. The molecule has 2 aromatic carbocycles. The van der Waals surface area contributed by atoms with Crippen LogP contribution in [-0.2, 0) is 9.53 Å². The summed E-state index contributed by atoms with van der Waals surface area (Å²) in [6.45, 7) is 3.88. The molecule has 0 aliphatic rings. The van der Waals surface area contributed by atoms with Crippen molar-refractivity contribution in [2.75, 3.05) is 13.2 Å². The number of hydrogen-bond acceptors (Lipinski definition) is 6. The lowest BCUT2D eigenvalue weighted by atomic mass is 10.1. The number of nitrogens with one attached hydrogen (secondary N) is 3. The van der Waals surface area contributed by atoms with Crippen molar-refractivity contribution >= 4 is 51.0 Å². The number of thiocarbonyl (C=S) groups is 1. The summed E-state index contributed by atoms with van der Waals surface area (Å²) in [5.41, 5.74) is 6.57. The molecule has 0 heterocycles. The fraction of sp³-hybridized carbons (Fsp3) is 0.238. The monoisotopic (exact) mass is 507 g/mol. The maximum Gasteiger partial charge on any atom is 0.338 e. The molecule has 2 aromatic rings. The van der Waals surface area contributed by atoms with Gasteiger partial charge in [-0.05, 0) is 67.5 Å². The Balaban J connectivity index is 1.73. The highest BCUT2D eigenvalue weighted by molar-refractivity contribution is 9.10. The average Bonchev–Trinajstić information content (AvgIpc) is 2.76. The van der Waals surface area contributed by atoms with E-state index in [-0.39, 0.29) is 11.7 Å². The Morgan fingerprint density at radius 2 is 1.71 bits per heavy atom. The molecule has 0 spiro atoms. The Morgan fingerprint density at radius 3 is 2.35 bits per heavy atom. The second kappa shape index (κ2) is 12.0. The molecule has 164 valence electrons. The molecule has 31 heavy (non-hydrogen) atoms. The van der Waals surface area contributed by atoms with Gasteiger partial charge in [0.2, 0.25) is 0 Å².